The van der Waals surface area contributed by atoms with Gasteiger partial charge in [0.2, 0.25) is 5.89 Å². The molecule has 1 N–H and O–H groups in total. The second kappa shape index (κ2) is 8.87. The summed E-state index contributed by atoms with van der Waals surface area (Å²) in [5, 5.41) is 2.97. The Kier molecular flexibility index (Phi) is 5.84. The monoisotopic (exact) mass is 417 g/mol. The van der Waals surface area contributed by atoms with E-state index in [1.165, 1.54) is 0 Å². The smallest absolute Gasteiger partial charge is 0.255 e. The van der Waals surface area contributed by atoms with Crippen molar-refractivity contribution in [1.82, 2.24) is 9.97 Å². The number of fused-ring (bicyclic) bond motifs is 1. The Morgan fingerprint density at radius 2 is 1.77 bits per heavy atom. The lowest BCUT2D eigenvalue weighted by Crippen LogP contribution is -2.13. The first-order valence-corrected chi connectivity index (χ1v) is 10.1. The van der Waals surface area contributed by atoms with E-state index in [-0.39, 0.29) is 5.91 Å². The van der Waals surface area contributed by atoms with Crippen molar-refractivity contribution in [3.05, 3.63) is 65.9 Å². The molecule has 0 unspecified atom stereocenters. The molecule has 0 fully saturated rings. The summed E-state index contributed by atoms with van der Waals surface area (Å²) in [4.78, 5) is 21.6. The Bertz CT molecular complexity index is 1180. The van der Waals surface area contributed by atoms with E-state index in [2.05, 4.69) is 15.3 Å². The van der Waals surface area contributed by atoms with Gasteiger partial charge in [0.1, 0.15) is 11.5 Å². The van der Waals surface area contributed by atoms with Crippen LogP contribution >= 0.6 is 0 Å². The maximum Gasteiger partial charge on any atom is 0.255 e. The Morgan fingerprint density at radius 3 is 2.45 bits per heavy atom. The van der Waals surface area contributed by atoms with Crippen molar-refractivity contribution < 1.29 is 18.7 Å². The van der Waals surface area contributed by atoms with Crippen LogP contribution in [0.1, 0.15) is 29.8 Å². The number of carbonyl (C=O) groups is 1. The summed E-state index contributed by atoms with van der Waals surface area (Å²) in [5.41, 5.74) is 3.93. The fraction of sp³-hybridized carbons (Fsp3) is 0.208. The number of pyridine rings is 1. The zero-order valence-corrected chi connectivity index (χ0v) is 17.6. The molecule has 0 saturated heterocycles. The highest BCUT2D eigenvalue weighted by molar-refractivity contribution is 6.05. The Labute approximate surface area is 180 Å². The van der Waals surface area contributed by atoms with Crippen molar-refractivity contribution in [3.8, 4) is 23.0 Å². The molecule has 7 nitrogen and oxygen atoms in total. The number of anilines is 1. The molecule has 0 aliphatic rings. The van der Waals surface area contributed by atoms with Gasteiger partial charge in [-0.3, -0.25) is 4.79 Å². The van der Waals surface area contributed by atoms with Gasteiger partial charge in [-0.15, -0.1) is 0 Å². The summed E-state index contributed by atoms with van der Waals surface area (Å²) < 4.78 is 17.0. The summed E-state index contributed by atoms with van der Waals surface area (Å²) in [6.07, 6.45) is 1.67. The summed E-state index contributed by atoms with van der Waals surface area (Å²) >= 11 is 0. The number of nitrogens with zero attached hydrogens (tertiary/aromatic N) is 2. The molecule has 4 rings (SSSR count). The third kappa shape index (κ3) is 4.50. The number of hydrogen-bond donors (Lipinski definition) is 1. The summed E-state index contributed by atoms with van der Waals surface area (Å²) in [6, 6.07) is 14.4. The number of hydrogen-bond acceptors (Lipinski definition) is 6. The molecule has 7 heteroatoms. The zero-order valence-electron chi connectivity index (χ0n) is 17.6. The molecule has 158 valence electrons. The molecule has 31 heavy (non-hydrogen) atoms. The van der Waals surface area contributed by atoms with Gasteiger partial charge in [-0.2, -0.15) is 4.98 Å². The van der Waals surface area contributed by atoms with Crippen LogP contribution in [0.3, 0.4) is 0 Å². The summed E-state index contributed by atoms with van der Waals surface area (Å²) in [6.45, 7) is 6.71. The molecule has 1 amide bonds. The maximum atomic E-state index is 13.0. The van der Waals surface area contributed by atoms with Crippen molar-refractivity contribution >= 4 is 22.8 Å². The molecule has 4 aromatic rings. The Balaban J connectivity index is 1.63. The average Bonchev–Trinajstić information content (AvgIpc) is 3.20. The third-order valence-electron chi connectivity index (χ3n) is 4.66. The molecule has 0 atom stereocenters. The summed E-state index contributed by atoms with van der Waals surface area (Å²) in [7, 11) is 0. The molecular weight excluding hydrogens is 394 g/mol. The standard InChI is InChI=1S/C24H23N3O4/c1-4-29-18-11-17(12-19(14-18)30-5-2)23(28)26-20-13-16(9-8-15(20)3)24-27-22-21(31-24)7-6-10-25-22/h6-14H,4-5H2,1-3H3,(H,26,28). The second-order valence-corrected chi connectivity index (χ2v) is 6.89. The Morgan fingerprint density at radius 1 is 1.03 bits per heavy atom. The minimum absolute atomic E-state index is 0.262. The minimum atomic E-state index is -0.262. The van der Waals surface area contributed by atoms with Crippen LogP contribution in [0.25, 0.3) is 22.7 Å². The number of rotatable bonds is 7. The van der Waals surface area contributed by atoms with E-state index in [1.54, 1.807) is 30.5 Å². The van der Waals surface area contributed by atoms with Gasteiger partial charge in [-0.05, 0) is 62.7 Å². The highest BCUT2D eigenvalue weighted by Crippen LogP contribution is 2.29. The Hall–Kier alpha value is -3.87. The van der Waals surface area contributed by atoms with Crippen LogP contribution in [0.4, 0.5) is 5.69 Å². The molecule has 0 spiro atoms. The molecular formula is C24H23N3O4. The van der Waals surface area contributed by atoms with Crippen molar-refractivity contribution in [2.45, 2.75) is 20.8 Å². The number of nitrogens with one attached hydrogen (secondary N) is 1. The highest BCUT2D eigenvalue weighted by Gasteiger charge is 2.14. The van der Waals surface area contributed by atoms with Crippen molar-refractivity contribution in [1.29, 1.82) is 0 Å². The lowest BCUT2D eigenvalue weighted by Gasteiger charge is -2.13. The number of benzene rings is 2. The van der Waals surface area contributed by atoms with Crippen LogP contribution in [0.2, 0.25) is 0 Å². The average molecular weight is 417 g/mol. The number of oxazole rings is 1. The molecule has 0 aliphatic heterocycles. The number of ether oxygens (including phenoxy) is 2. The first-order valence-electron chi connectivity index (χ1n) is 10.1. The first kappa shape index (κ1) is 20.4. The van der Waals surface area contributed by atoms with Crippen LogP contribution in [0, 0.1) is 6.92 Å². The quantitative estimate of drug-likeness (QED) is 0.442. The van der Waals surface area contributed by atoms with Crippen LogP contribution in [-0.4, -0.2) is 29.1 Å². The first-order chi connectivity index (χ1) is 15.1. The van der Waals surface area contributed by atoms with E-state index in [9.17, 15) is 4.79 Å². The predicted octanol–water partition coefficient (Wildman–Crippen LogP) is 5.25. The van der Waals surface area contributed by atoms with Gasteiger partial charge in [0, 0.05) is 29.1 Å². The van der Waals surface area contributed by atoms with Crippen molar-refractivity contribution in [2.24, 2.45) is 0 Å². The number of aromatic nitrogens is 2. The van der Waals surface area contributed by atoms with Gasteiger partial charge < -0.3 is 19.2 Å². The summed E-state index contributed by atoms with van der Waals surface area (Å²) in [5.74, 6) is 1.36. The fourth-order valence-corrected chi connectivity index (χ4v) is 3.18. The normalized spacial score (nSPS) is 10.8. The van der Waals surface area contributed by atoms with Crippen LogP contribution in [-0.2, 0) is 0 Å². The van der Waals surface area contributed by atoms with E-state index in [1.807, 2.05) is 45.0 Å². The molecule has 2 aromatic carbocycles. The van der Waals surface area contributed by atoms with Gasteiger partial charge >= 0.3 is 0 Å². The van der Waals surface area contributed by atoms with E-state index < -0.39 is 0 Å². The van der Waals surface area contributed by atoms with Gasteiger partial charge in [0.05, 0.1) is 13.2 Å². The van der Waals surface area contributed by atoms with E-state index in [0.717, 1.165) is 11.1 Å². The molecule has 0 bridgehead atoms. The maximum absolute atomic E-state index is 13.0. The van der Waals surface area contributed by atoms with Gasteiger partial charge in [-0.25, -0.2) is 4.98 Å². The zero-order chi connectivity index (χ0) is 21.8. The molecule has 2 aromatic heterocycles. The second-order valence-electron chi connectivity index (χ2n) is 6.89. The number of aryl methyl sites for hydroxylation is 1. The lowest BCUT2D eigenvalue weighted by atomic mass is 10.1. The van der Waals surface area contributed by atoms with Crippen LogP contribution in [0.5, 0.6) is 11.5 Å². The van der Waals surface area contributed by atoms with Gasteiger partial charge in [0.15, 0.2) is 11.2 Å². The molecule has 0 saturated carbocycles. The fourth-order valence-electron chi connectivity index (χ4n) is 3.18. The lowest BCUT2D eigenvalue weighted by molar-refractivity contribution is 0.102. The van der Waals surface area contributed by atoms with E-state index in [0.29, 0.717) is 53.1 Å². The predicted molar refractivity (Wildman–Crippen MR) is 119 cm³/mol. The minimum Gasteiger partial charge on any atom is -0.494 e. The van der Waals surface area contributed by atoms with E-state index in [4.69, 9.17) is 13.9 Å². The van der Waals surface area contributed by atoms with Crippen molar-refractivity contribution in [3.63, 3.8) is 0 Å². The van der Waals surface area contributed by atoms with Crippen LogP contribution in [0.15, 0.2) is 59.1 Å². The van der Waals surface area contributed by atoms with Gasteiger partial charge in [0.25, 0.3) is 5.91 Å². The molecule has 0 radical (unpaired) electrons. The topological polar surface area (TPSA) is 86.5 Å². The SMILES string of the molecule is CCOc1cc(OCC)cc(C(=O)Nc2cc(-c3nc4ncccc4o3)ccc2C)c1. The number of amides is 1. The molecule has 2 heterocycles. The highest BCUT2D eigenvalue weighted by atomic mass is 16.5. The van der Waals surface area contributed by atoms with Gasteiger partial charge in [-0.1, -0.05) is 6.07 Å². The molecule has 0 aliphatic carbocycles. The third-order valence-corrected chi connectivity index (χ3v) is 4.66. The van der Waals surface area contributed by atoms with E-state index >= 15 is 0 Å². The van der Waals surface area contributed by atoms with Crippen LogP contribution < -0.4 is 14.8 Å². The number of carbonyl (C=O) groups excluding carboxylic acids is 1. The van der Waals surface area contributed by atoms with Crippen molar-refractivity contribution in [2.75, 3.05) is 18.5 Å². The largest absolute Gasteiger partial charge is 0.494 e.